The zero-order chi connectivity index (χ0) is 13.6. The molecule has 1 saturated heterocycles. The minimum absolute atomic E-state index is 0.644. The number of hydrogen-bond donors (Lipinski definition) is 3. The van der Waals surface area contributed by atoms with Crippen molar-refractivity contribution in [1.82, 2.24) is 0 Å². The van der Waals surface area contributed by atoms with Gasteiger partial charge in [-0.2, -0.15) is 0 Å². The van der Waals surface area contributed by atoms with E-state index in [0.29, 0.717) is 0 Å². The van der Waals surface area contributed by atoms with Crippen molar-refractivity contribution in [2.24, 2.45) is 5.41 Å². The van der Waals surface area contributed by atoms with E-state index in [2.05, 4.69) is 0 Å². The molecule has 0 aromatic heterocycles. The summed E-state index contributed by atoms with van der Waals surface area (Å²) >= 11 is 0. The van der Waals surface area contributed by atoms with Crippen LogP contribution in [0.1, 0.15) is 27.7 Å². The lowest BCUT2D eigenvalue weighted by Gasteiger charge is -2.48. The third-order valence-corrected chi connectivity index (χ3v) is 3.20. The van der Waals surface area contributed by atoms with Gasteiger partial charge < -0.3 is 20.1 Å². The summed E-state index contributed by atoms with van der Waals surface area (Å²) in [4.78, 5) is 10.4. The van der Waals surface area contributed by atoms with Gasteiger partial charge in [0.1, 0.15) is 6.10 Å². The van der Waals surface area contributed by atoms with Gasteiger partial charge in [-0.3, -0.25) is 10.1 Å². The van der Waals surface area contributed by atoms with E-state index in [4.69, 9.17) is 4.74 Å². The maximum absolute atomic E-state index is 11.0. The second-order valence-electron chi connectivity index (χ2n) is 5.60. The van der Waals surface area contributed by atoms with E-state index in [1.54, 1.807) is 0 Å². The van der Waals surface area contributed by atoms with E-state index >= 15 is 0 Å². The Morgan fingerprint density at radius 3 is 2.18 bits per heavy atom. The van der Waals surface area contributed by atoms with Crippen LogP contribution in [0.25, 0.3) is 0 Å². The average Bonchev–Trinajstić information content (AvgIpc) is 2.08. The molecule has 1 aliphatic rings. The average molecular weight is 249 g/mol. The Kier molecular flexibility index (Phi) is 3.50. The Bertz CT molecular complexity index is 310. The quantitative estimate of drug-likeness (QED) is 0.449. The topological polar surface area (TPSA) is 113 Å². The molecule has 0 bridgehead atoms. The molecule has 1 rings (SSSR count). The largest absolute Gasteiger partial charge is 0.388 e. The Morgan fingerprint density at radius 2 is 1.82 bits per heavy atom. The van der Waals surface area contributed by atoms with Crippen LogP contribution >= 0.6 is 0 Å². The van der Waals surface area contributed by atoms with Gasteiger partial charge in [0.2, 0.25) is 0 Å². The summed E-state index contributed by atoms with van der Waals surface area (Å²) in [6.45, 7) is 5.94. The van der Waals surface area contributed by atoms with Crippen molar-refractivity contribution in [3.8, 4) is 0 Å². The van der Waals surface area contributed by atoms with E-state index < -0.39 is 40.5 Å². The number of aliphatic hydroxyl groups excluding tert-OH is 2. The molecule has 17 heavy (non-hydrogen) atoms. The summed E-state index contributed by atoms with van der Waals surface area (Å²) in [6.07, 6.45) is -4.24. The van der Waals surface area contributed by atoms with Gasteiger partial charge in [0.25, 0.3) is 6.04 Å². The van der Waals surface area contributed by atoms with E-state index in [0.717, 1.165) is 0 Å². The summed E-state index contributed by atoms with van der Waals surface area (Å²) in [6, 6.07) is -1.40. The lowest BCUT2D eigenvalue weighted by molar-refractivity contribution is -0.575. The van der Waals surface area contributed by atoms with Crippen LogP contribution in [0.15, 0.2) is 0 Å². The first kappa shape index (κ1) is 14.3. The van der Waals surface area contributed by atoms with Crippen molar-refractivity contribution in [1.29, 1.82) is 0 Å². The lowest BCUT2D eigenvalue weighted by Crippen LogP contribution is -2.66. The maximum Gasteiger partial charge on any atom is 0.251 e. The molecule has 4 atom stereocenters. The van der Waals surface area contributed by atoms with E-state index in [1.807, 2.05) is 0 Å². The molecule has 0 aromatic rings. The summed E-state index contributed by atoms with van der Waals surface area (Å²) < 4.78 is 5.11. The van der Waals surface area contributed by atoms with Gasteiger partial charge in [-0.25, -0.2) is 0 Å². The SMILES string of the molecule is CC(C)(O)C1OC(O)C(O)C([N+](=O)[O-])C1(C)C. The fraction of sp³-hybridized carbons (Fsp3) is 1.00. The van der Waals surface area contributed by atoms with Gasteiger partial charge in [0.05, 0.1) is 11.0 Å². The maximum atomic E-state index is 11.0. The van der Waals surface area contributed by atoms with Crippen LogP contribution in [0.3, 0.4) is 0 Å². The molecule has 7 heteroatoms. The third kappa shape index (κ3) is 2.42. The fourth-order valence-corrected chi connectivity index (χ4v) is 2.62. The monoisotopic (exact) mass is 249 g/mol. The highest BCUT2D eigenvalue weighted by Gasteiger charge is 2.60. The Balaban J connectivity index is 3.17. The van der Waals surface area contributed by atoms with Crippen LogP contribution in [-0.2, 0) is 4.74 Å². The highest BCUT2D eigenvalue weighted by atomic mass is 16.7. The van der Waals surface area contributed by atoms with Crippen molar-refractivity contribution in [2.75, 3.05) is 0 Å². The molecule has 1 heterocycles. The van der Waals surface area contributed by atoms with Crippen LogP contribution in [0.2, 0.25) is 0 Å². The zero-order valence-corrected chi connectivity index (χ0v) is 10.3. The normalized spacial score (nSPS) is 37.8. The number of hydrogen-bond acceptors (Lipinski definition) is 6. The number of nitro groups is 1. The molecule has 1 aliphatic heterocycles. The second kappa shape index (κ2) is 4.16. The standard InChI is InChI=1S/C10H19NO6/c1-9(2)6(11(15)16)5(12)7(13)17-8(9)10(3,4)14/h5-8,12-14H,1-4H3. The Morgan fingerprint density at radius 1 is 1.35 bits per heavy atom. The van der Waals surface area contributed by atoms with E-state index in [1.165, 1.54) is 27.7 Å². The van der Waals surface area contributed by atoms with Crippen LogP contribution in [-0.4, -0.2) is 50.4 Å². The van der Waals surface area contributed by atoms with Gasteiger partial charge in [-0.05, 0) is 13.8 Å². The van der Waals surface area contributed by atoms with Gasteiger partial charge in [0, 0.05) is 4.92 Å². The van der Waals surface area contributed by atoms with Crippen LogP contribution in [0.5, 0.6) is 0 Å². The van der Waals surface area contributed by atoms with E-state index in [9.17, 15) is 25.4 Å². The fourth-order valence-electron chi connectivity index (χ4n) is 2.62. The summed E-state index contributed by atoms with van der Waals surface area (Å²) in [5.41, 5.74) is -2.47. The molecule has 0 aromatic carbocycles. The Labute approximate surface area is 99.2 Å². The minimum atomic E-state index is -1.67. The first-order valence-corrected chi connectivity index (χ1v) is 5.37. The molecule has 0 radical (unpaired) electrons. The smallest absolute Gasteiger partial charge is 0.251 e. The zero-order valence-electron chi connectivity index (χ0n) is 10.3. The lowest BCUT2D eigenvalue weighted by atomic mass is 9.69. The summed E-state index contributed by atoms with van der Waals surface area (Å²) in [5, 5.41) is 40.0. The molecule has 0 spiro atoms. The second-order valence-corrected chi connectivity index (χ2v) is 5.60. The van der Waals surface area contributed by atoms with Crippen molar-refractivity contribution < 1.29 is 25.0 Å². The van der Waals surface area contributed by atoms with Gasteiger partial charge in [-0.1, -0.05) is 13.8 Å². The molecule has 0 saturated carbocycles. The summed E-state index contributed by atoms with van der Waals surface area (Å²) in [5.74, 6) is 0. The predicted molar refractivity (Wildman–Crippen MR) is 57.7 cm³/mol. The molecule has 100 valence electrons. The number of nitrogens with zero attached hydrogens (tertiary/aromatic N) is 1. The first-order valence-electron chi connectivity index (χ1n) is 5.37. The van der Waals surface area contributed by atoms with Crippen molar-refractivity contribution in [3.63, 3.8) is 0 Å². The number of ether oxygens (including phenoxy) is 1. The molecule has 0 aliphatic carbocycles. The van der Waals surface area contributed by atoms with Crippen molar-refractivity contribution in [2.45, 2.75) is 57.8 Å². The van der Waals surface area contributed by atoms with Crippen molar-refractivity contribution in [3.05, 3.63) is 10.1 Å². The molecular weight excluding hydrogens is 230 g/mol. The molecule has 4 unspecified atom stereocenters. The van der Waals surface area contributed by atoms with E-state index in [-0.39, 0.29) is 0 Å². The molecule has 1 fully saturated rings. The predicted octanol–water partition coefficient (Wildman–Crippen LogP) is -0.493. The van der Waals surface area contributed by atoms with Crippen LogP contribution in [0.4, 0.5) is 0 Å². The summed E-state index contributed by atoms with van der Waals surface area (Å²) in [7, 11) is 0. The van der Waals surface area contributed by atoms with Gasteiger partial charge >= 0.3 is 0 Å². The van der Waals surface area contributed by atoms with Gasteiger partial charge in [0.15, 0.2) is 12.4 Å². The molecular formula is C10H19NO6. The molecule has 7 nitrogen and oxygen atoms in total. The number of rotatable bonds is 2. The highest BCUT2D eigenvalue weighted by Crippen LogP contribution is 2.42. The number of aliphatic hydroxyl groups is 3. The Hall–Kier alpha value is -0.760. The van der Waals surface area contributed by atoms with Crippen LogP contribution < -0.4 is 0 Å². The molecule has 3 N–H and O–H groups in total. The highest BCUT2D eigenvalue weighted by molar-refractivity contribution is 5.01. The van der Waals surface area contributed by atoms with Crippen LogP contribution in [0, 0.1) is 15.5 Å². The third-order valence-electron chi connectivity index (χ3n) is 3.20. The minimum Gasteiger partial charge on any atom is -0.388 e. The molecule has 0 amide bonds. The first-order chi connectivity index (χ1) is 7.49. The van der Waals surface area contributed by atoms with Crippen molar-refractivity contribution >= 4 is 0 Å². The van der Waals surface area contributed by atoms with Gasteiger partial charge in [-0.15, -0.1) is 0 Å².